The van der Waals surface area contributed by atoms with Crippen LogP contribution in [0.4, 0.5) is 0 Å². The first-order valence-electron chi connectivity index (χ1n) is 4.80. The number of rotatable bonds is 0. The van der Waals surface area contributed by atoms with E-state index in [0.717, 1.165) is 24.0 Å². The molecule has 2 nitrogen and oxygen atoms in total. The number of hydrogen-bond acceptors (Lipinski definition) is 2. The van der Waals surface area contributed by atoms with Gasteiger partial charge in [-0.25, -0.2) is 0 Å². The minimum Gasteiger partial charge on any atom is -0.193 e. The van der Waals surface area contributed by atoms with E-state index in [0.29, 0.717) is 0 Å². The zero-order chi connectivity index (χ0) is 10.4. The van der Waals surface area contributed by atoms with Crippen molar-refractivity contribution in [2.24, 2.45) is 10.8 Å². The van der Waals surface area contributed by atoms with Gasteiger partial charge in [0.25, 0.3) is 0 Å². The fourth-order valence-electron chi connectivity index (χ4n) is 2.67. The van der Waals surface area contributed by atoms with Gasteiger partial charge in [0.05, 0.1) is 12.1 Å². The second kappa shape index (κ2) is 2.49. The largest absolute Gasteiger partial charge is 0.193 e. The molecule has 0 N–H and O–H groups in total. The van der Waals surface area contributed by atoms with Gasteiger partial charge in [-0.3, -0.25) is 0 Å². The second-order valence-electron chi connectivity index (χ2n) is 4.53. The molecule has 0 aromatic rings. The summed E-state index contributed by atoms with van der Waals surface area (Å²) in [5.41, 5.74) is 1.43. The van der Waals surface area contributed by atoms with Gasteiger partial charge >= 0.3 is 0 Å². The van der Waals surface area contributed by atoms with Crippen molar-refractivity contribution in [3.8, 4) is 12.1 Å². The van der Waals surface area contributed by atoms with Crippen LogP contribution < -0.4 is 0 Å². The molecule has 0 saturated heterocycles. The number of nitrogens with zero attached hydrogens (tertiary/aromatic N) is 2. The van der Waals surface area contributed by atoms with E-state index in [2.05, 4.69) is 26.0 Å². The number of fused-ring (bicyclic) bond motifs is 1. The van der Waals surface area contributed by atoms with Crippen molar-refractivity contribution in [2.75, 3.05) is 0 Å². The summed E-state index contributed by atoms with van der Waals surface area (Å²) in [5.74, 6) is 0. The highest BCUT2D eigenvalue weighted by atomic mass is 14.6. The van der Waals surface area contributed by atoms with Crippen LogP contribution in [0.1, 0.15) is 26.7 Å². The molecule has 0 unspecified atom stereocenters. The minimum atomic E-state index is -0.132. The van der Waals surface area contributed by atoms with Crippen LogP contribution in [-0.2, 0) is 0 Å². The summed E-state index contributed by atoms with van der Waals surface area (Å²) in [6.45, 7) is 4.19. The fourth-order valence-corrected chi connectivity index (χ4v) is 2.67. The van der Waals surface area contributed by atoms with E-state index in [9.17, 15) is 0 Å². The highest BCUT2D eigenvalue weighted by Crippen LogP contribution is 2.62. The van der Waals surface area contributed by atoms with Gasteiger partial charge in [-0.2, -0.15) is 10.5 Å². The monoisotopic (exact) mass is 184 g/mol. The van der Waals surface area contributed by atoms with Gasteiger partial charge < -0.3 is 0 Å². The van der Waals surface area contributed by atoms with Crippen LogP contribution in [0, 0.1) is 33.5 Å². The molecule has 0 spiro atoms. The lowest BCUT2D eigenvalue weighted by Crippen LogP contribution is -2.31. The second-order valence-corrected chi connectivity index (χ2v) is 4.53. The molecule has 0 aromatic carbocycles. The third-order valence-electron chi connectivity index (χ3n) is 4.08. The molecule has 0 saturated carbocycles. The summed E-state index contributed by atoms with van der Waals surface area (Å²) < 4.78 is 0. The Balaban J connectivity index is 2.51. The van der Waals surface area contributed by atoms with Crippen LogP contribution in [0.15, 0.2) is 23.3 Å². The lowest BCUT2D eigenvalue weighted by atomic mass is 9.65. The maximum Gasteiger partial charge on any atom is 0.0950 e. The SMILES string of the molecule is C[C@]12CC=C(C#N)[C@@]1(C)CC=C2C#N. The Morgan fingerprint density at radius 3 is 1.64 bits per heavy atom. The Kier molecular flexibility index (Phi) is 1.60. The topological polar surface area (TPSA) is 47.6 Å². The Morgan fingerprint density at radius 1 is 1.00 bits per heavy atom. The molecule has 2 aliphatic carbocycles. The predicted molar refractivity (Wildman–Crippen MR) is 52.8 cm³/mol. The molecule has 70 valence electrons. The van der Waals surface area contributed by atoms with Gasteiger partial charge in [-0.1, -0.05) is 26.0 Å². The van der Waals surface area contributed by atoms with Gasteiger partial charge in [0.2, 0.25) is 0 Å². The number of allylic oxidation sites excluding steroid dienone is 4. The lowest BCUT2D eigenvalue weighted by Gasteiger charge is -2.36. The third-order valence-corrected chi connectivity index (χ3v) is 4.08. The molecule has 0 fully saturated rings. The van der Waals surface area contributed by atoms with E-state index in [1.165, 1.54) is 0 Å². The Bertz CT molecular complexity index is 388. The van der Waals surface area contributed by atoms with Crippen molar-refractivity contribution >= 4 is 0 Å². The molecule has 0 aromatic heterocycles. The summed E-state index contributed by atoms with van der Waals surface area (Å²) in [5, 5.41) is 18.1. The first-order chi connectivity index (χ1) is 6.58. The molecular formula is C12H12N2. The highest BCUT2D eigenvalue weighted by Gasteiger charge is 2.55. The van der Waals surface area contributed by atoms with E-state index >= 15 is 0 Å². The van der Waals surface area contributed by atoms with E-state index in [-0.39, 0.29) is 10.8 Å². The van der Waals surface area contributed by atoms with Gasteiger partial charge in [0, 0.05) is 22.0 Å². The van der Waals surface area contributed by atoms with E-state index in [4.69, 9.17) is 10.5 Å². The smallest absolute Gasteiger partial charge is 0.0950 e. The van der Waals surface area contributed by atoms with Gasteiger partial charge in [0.1, 0.15) is 0 Å². The van der Waals surface area contributed by atoms with Crippen molar-refractivity contribution in [1.82, 2.24) is 0 Å². The van der Waals surface area contributed by atoms with Gasteiger partial charge in [-0.05, 0) is 12.8 Å². The molecule has 0 bridgehead atoms. The van der Waals surface area contributed by atoms with E-state index in [1.807, 2.05) is 12.2 Å². The number of hydrogen-bond donors (Lipinski definition) is 0. The first-order valence-corrected chi connectivity index (χ1v) is 4.80. The first kappa shape index (κ1) is 9.03. The Morgan fingerprint density at radius 2 is 1.36 bits per heavy atom. The summed E-state index contributed by atoms with van der Waals surface area (Å²) in [6.07, 6.45) is 5.63. The molecule has 0 aliphatic heterocycles. The Labute approximate surface area is 84.1 Å². The average Bonchev–Trinajstić information content (AvgIpc) is 2.55. The average molecular weight is 184 g/mol. The highest BCUT2D eigenvalue weighted by molar-refractivity contribution is 5.49. The van der Waals surface area contributed by atoms with Crippen molar-refractivity contribution in [3.05, 3.63) is 23.3 Å². The minimum absolute atomic E-state index is 0.132. The molecular weight excluding hydrogens is 172 g/mol. The summed E-state index contributed by atoms with van der Waals surface area (Å²) in [6, 6.07) is 4.53. The summed E-state index contributed by atoms with van der Waals surface area (Å²) >= 11 is 0. The molecule has 0 amide bonds. The molecule has 2 aliphatic rings. The fraction of sp³-hybridized carbons (Fsp3) is 0.500. The predicted octanol–water partition coefficient (Wildman–Crippen LogP) is 2.71. The number of nitriles is 2. The zero-order valence-corrected chi connectivity index (χ0v) is 8.46. The molecule has 14 heavy (non-hydrogen) atoms. The van der Waals surface area contributed by atoms with E-state index < -0.39 is 0 Å². The molecule has 2 atom stereocenters. The van der Waals surface area contributed by atoms with Crippen LogP contribution in [0.2, 0.25) is 0 Å². The maximum absolute atomic E-state index is 9.03. The van der Waals surface area contributed by atoms with Gasteiger partial charge in [0.15, 0.2) is 0 Å². The van der Waals surface area contributed by atoms with Crippen LogP contribution in [0.3, 0.4) is 0 Å². The quantitative estimate of drug-likeness (QED) is 0.581. The van der Waals surface area contributed by atoms with Crippen molar-refractivity contribution in [2.45, 2.75) is 26.7 Å². The standard InChI is InChI=1S/C12H12N2/c1-11-5-3-10(8-14)12(11,2)6-4-9(11)7-13/h3-4H,5-6H2,1-2H3/t11-,12-/m1/s1. The lowest BCUT2D eigenvalue weighted by molar-refractivity contribution is 0.214. The van der Waals surface area contributed by atoms with Crippen LogP contribution in [0.5, 0.6) is 0 Å². The molecule has 2 rings (SSSR count). The summed E-state index contributed by atoms with van der Waals surface area (Å²) in [4.78, 5) is 0. The normalized spacial score (nSPS) is 39.4. The van der Waals surface area contributed by atoms with Crippen molar-refractivity contribution < 1.29 is 0 Å². The third kappa shape index (κ3) is 0.744. The Hall–Kier alpha value is -1.54. The van der Waals surface area contributed by atoms with Gasteiger partial charge in [-0.15, -0.1) is 0 Å². The van der Waals surface area contributed by atoms with E-state index in [1.54, 1.807) is 0 Å². The molecule has 0 radical (unpaired) electrons. The van der Waals surface area contributed by atoms with Crippen LogP contribution >= 0.6 is 0 Å². The molecule has 2 heteroatoms. The summed E-state index contributed by atoms with van der Waals surface area (Å²) in [7, 11) is 0. The van der Waals surface area contributed by atoms with Crippen LogP contribution in [-0.4, -0.2) is 0 Å². The van der Waals surface area contributed by atoms with Crippen molar-refractivity contribution in [1.29, 1.82) is 10.5 Å². The molecule has 0 heterocycles. The maximum atomic E-state index is 9.03. The van der Waals surface area contributed by atoms with Crippen LogP contribution in [0.25, 0.3) is 0 Å². The zero-order valence-electron chi connectivity index (χ0n) is 8.46. The van der Waals surface area contributed by atoms with Crippen molar-refractivity contribution in [3.63, 3.8) is 0 Å².